The maximum atomic E-state index is 12.4. The number of aliphatic hydroxyl groups excluding tert-OH is 1. The van der Waals surface area contributed by atoms with E-state index in [1.54, 1.807) is 0 Å². The quantitative estimate of drug-likeness (QED) is 0.188. The lowest BCUT2D eigenvalue weighted by molar-refractivity contribution is -0.334. The van der Waals surface area contributed by atoms with Gasteiger partial charge in [0.15, 0.2) is 18.8 Å². The van der Waals surface area contributed by atoms with Gasteiger partial charge in [-0.15, -0.1) is 0 Å². The summed E-state index contributed by atoms with van der Waals surface area (Å²) in [5.74, 6) is -0.124. The number of carbonyl (C=O) groups is 2. The summed E-state index contributed by atoms with van der Waals surface area (Å²) < 4.78 is 37.1. The summed E-state index contributed by atoms with van der Waals surface area (Å²) in [7, 11) is 0. The maximum absolute atomic E-state index is 12.4. The van der Waals surface area contributed by atoms with E-state index in [9.17, 15) is 14.7 Å². The summed E-state index contributed by atoms with van der Waals surface area (Å²) in [6, 6.07) is -1.65. The molecule has 1 amide bonds. The number of nitrogens with one attached hydrogen (secondary N) is 1. The van der Waals surface area contributed by atoms with Crippen LogP contribution >= 0.6 is 12.2 Å². The van der Waals surface area contributed by atoms with Crippen LogP contribution < -0.4 is 11.1 Å². The second kappa shape index (κ2) is 15.5. The van der Waals surface area contributed by atoms with Crippen molar-refractivity contribution >= 4 is 29.3 Å². The van der Waals surface area contributed by atoms with Gasteiger partial charge in [0, 0.05) is 25.7 Å². The Balaban J connectivity index is 1.87. The van der Waals surface area contributed by atoms with E-state index in [0.717, 1.165) is 6.42 Å². The van der Waals surface area contributed by atoms with E-state index in [2.05, 4.69) is 43.2 Å². The lowest BCUT2D eigenvalue weighted by Crippen LogP contribution is -2.66. The minimum Gasteiger partial charge on any atom is -0.463 e. The van der Waals surface area contributed by atoms with Gasteiger partial charge in [-0.05, 0) is 36.9 Å². The van der Waals surface area contributed by atoms with Gasteiger partial charge in [-0.1, -0.05) is 41.5 Å². The molecule has 240 valence electrons. The number of nitrogens with zero attached hydrogens (tertiary/aromatic N) is 1. The number of rotatable bonds is 10. The molecule has 15 atom stereocenters. The molecule has 0 aromatic rings. The molecule has 3 fully saturated rings. The Morgan fingerprint density at radius 3 is 2.10 bits per heavy atom. The van der Waals surface area contributed by atoms with E-state index >= 15 is 0 Å². The van der Waals surface area contributed by atoms with E-state index in [4.69, 9.17) is 46.4 Å². The minimum absolute atomic E-state index is 0.0842. The third kappa shape index (κ3) is 7.94. The molecule has 13 heteroatoms. The number of aliphatic imine (C=N–C) groups is 1. The first-order valence-electron chi connectivity index (χ1n) is 15.0. The minimum atomic E-state index is -1.28. The summed E-state index contributed by atoms with van der Waals surface area (Å²) in [5.41, 5.74) is 6.21. The van der Waals surface area contributed by atoms with Crippen LogP contribution in [0.4, 0.5) is 0 Å². The topological polar surface area (TPSA) is 160 Å². The monoisotopic (exact) mass is 615 g/mol. The molecule has 12 nitrogen and oxygen atoms in total. The summed E-state index contributed by atoms with van der Waals surface area (Å²) in [4.78, 5) is 27.8. The highest BCUT2D eigenvalue weighted by molar-refractivity contribution is 7.78. The van der Waals surface area contributed by atoms with Crippen molar-refractivity contribution < 1.29 is 43.1 Å². The number of isothiocyanates is 1. The Labute approximate surface area is 254 Å². The highest BCUT2D eigenvalue weighted by atomic mass is 32.1. The number of ether oxygens (including phenoxy) is 6. The average Bonchev–Trinajstić information content (AvgIpc) is 2.94. The van der Waals surface area contributed by atoms with Crippen LogP contribution in [0, 0.1) is 23.7 Å². The number of carbonyl (C=O) groups excluding carboxylic acids is 2. The first-order chi connectivity index (χ1) is 19.8. The largest absolute Gasteiger partial charge is 0.463 e. The predicted octanol–water partition coefficient (Wildman–Crippen LogP) is 2.15. The molecule has 0 spiro atoms. The molecule has 42 heavy (non-hydrogen) atoms. The summed E-state index contributed by atoms with van der Waals surface area (Å²) in [6.45, 7) is 15.1. The lowest BCUT2D eigenvalue weighted by Gasteiger charge is -2.51. The summed E-state index contributed by atoms with van der Waals surface area (Å²) in [6.07, 6.45) is -5.00. The van der Waals surface area contributed by atoms with Crippen LogP contribution in [-0.4, -0.2) is 96.3 Å². The van der Waals surface area contributed by atoms with Crippen LogP contribution in [0.25, 0.3) is 0 Å². The average molecular weight is 616 g/mol. The molecule has 3 aliphatic rings. The van der Waals surface area contributed by atoms with Crippen molar-refractivity contribution in [1.82, 2.24) is 5.32 Å². The number of thiocarbonyl (C=S) groups is 1. The van der Waals surface area contributed by atoms with Crippen molar-refractivity contribution in [1.29, 1.82) is 0 Å². The van der Waals surface area contributed by atoms with Crippen molar-refractivity contribution in [3.8, 4) is 0 Å². The van der Waals surface area contributed by atoms with Crippen molar-refractivity contribution in [3.63, 3.8) is 0 Å². The van der Waals surface area contributed by atoms with E-state index in [1.807, 2.05) is 13.8 Å². The van der Waals surface area contributed by atoms with Crippen LogP contribution in [0.2, 0.25) is 0 Å². The summed E-state index contributed by atoms with van der Waals surface area (Å²) in [5, 5.41) is 16.4. The molecule has 0 bridgehead atoms. The highest BCUT2D eigenvalue weighted by Gasteiger charge is 2.52. The molecule has 3 saturated heterocycles. The number of esters is 1. The number of hydrogen-bond acceptors (Lipinski definition) is 12. The first-order valence-corrected chi connectivity index (χ1v) is 15.4. The Morgan fingerprint density at radius 1 is 0.905 bits per heavy atom. The van der Waals surface area contributed by atoms with Crippen molar-refractivity contribution in [2.24, 2.45) is 34.4 Å². The fraction of sp³-hybridized carbons (Fsp3) is 0.897. The third-order valence-electron chi connectivity index (χ3n) is 9.17. The highest BCUT2D eigenvalue weighted by Crippen LogP contribution is 2.40. The SMILES string of the molecule is CCC1O[C@@H](O[C@@H]2C(CC)O[C@@H](O[C@@H]3C(COC(C)=O)O[C@@H](N=C=S)C(N)[C@H]3O)C(NC(C)=O)[C@H]2C)C(C)[C@@H](C)[C@@H]1C. The Bertz CT molecular complexity index is 967. The van der Waals surface area contributed by atoms with Crippen LogP contribution in [0.1, 0.15) is 68.2 Å². The number of nitrogens with two attached hydrogens (primary N) is 1. The summed E-state index contributed by atoms with van der Waals surface area (Å²) >= 11 is 4.70. The van der Waals surface area contributed by atoms with E-state index in [1.165, 1.54) is 13.8 Å². The molecule has 0 radical (unpaired) electrons. The van der Waals surface area contributed by atoms with Crippen molar-refractivity contribution in [2.75, 3.05) is 6.61 Å². The molecule has 0 aromatic carbocycles. The maximum Gasteiger partial charge on any atom is 0.302 e. The zero-order chi connectivity index (χ0) is 31.3. The van der Waals surface area contributed by atoms with Gasteiger partial charge in [0.25, 0.3) is 0 Å². The number of amides is 1. The normalized spacial score (nSPS) is 44.1. The van der Waals surface area contributed by atoms with Crippen molar-refractivity contribution in [3.05, 3.63) is 0 Å². The van der Waals surface area contributed by atoms with Gasteiger partial charge in [0.05, 0.1) is 35.6 Å². The van der Waals surface area contributed by atoms with Crippen LogP contribution in [0.15, 0.2) is 4.99 Å². The van der Waals surface area contributed by atoms with Crippen LogP contribution in [0.3, 0.4) is 0 Å². The van der Waals surface area contributed by atoms with Crippen molar-refractivity contribution in [2.45, 2.75) is 136 Å². The van der Waals surface area contributed by atoms with Crippen LogP contribution in [0.5, 0.6) is 0 Å². The second-order valence-corrected chi connectivity index (χ2v) is 12.1. The lowest BCUT2D eigenvalue weighted by atomic mass is 9.78. The van der Waals surface area contributed by atoms with Crippen LogP contribution in [-0.2, 0) is 38.0 Å². The molecule has 6 unspecified atom stereocenters. The van der Waals surface area contributed by atoms with Gasteiger partial charge in [0.2, 0.25) is 5.91 Å². The van der Waals surface area contributed by atoms with Gasteiger partial charge >= 0.3 is 5.97 Å². The molecule has 0 saturated carbocycles. The Kier molecular flexibility index (Phi) is 12.9. The van der Waals surface area contributed by atoms with Gasteiger partial charge in [0.1, 0.15) is 24.9 Å². The Hall–Kier alpha value is -1.54. The van der Waals surface area contributed by atoms with E-state index in [-0.39, 0.29) is 30.5 Å². The molecule has 3 aliphatic heterocycles. The van der Waals surface area contributed by atoms with Gasteiger partial charge in [-0.25, -0.2) is 0 Å². The second-order valence-electron chi connectivity index (χ2n) is 11.9. The molecule has 0 aromatic heterocycles. The number of aliphatic hydroxyl groups is 1. The zero-order valence-corrected chi connectivity index (χ0v) is 26.7. The molecular formula is C29H49N3O9S. The molecular weight excluding hydrogens is 566 g/mol. The smallest absolute Gasteiger partial charge is 0.302 e. The molecule has 0 aliphatic carbocycles. The van der Waals surface area contributed by atoms with E-state index in [0.29, 0.717) is 18.3 Å². The van der Waals surface area contributed by atoms with Gasteiger partial charge < -0.3 is 44.6 Å². The Morgan fingerprint density at radius 2 is 1.52 bits per heavy atom. The van der Waals surface area contributed by atoms with E-state index < -0.39 is 67.4 Å². The fourth-order valence-electron chi connectivity index (χ4n) is 6.26. The standard InChI is InChI=1S/C29H49N3O9S/c1-9-19-14(4)13(3)15(5)28(38-19)40-25-16(6)23(32-17(7)33)29(39-20(25)10-2)41-26-21(11-36-18(8)34)37-27(31-12-42)22(30)24(26)35/h13-16,19-29,35H,9-11,30H2,1-8H3,(H,32,33)/t13-,14-,15?,16+,19?,20?,21?,22?,23?,24+,25-,26+,27+,28-,29-/m0/s1. The number of hydrogen-bond donors (Lipinski definition) is 3. The fourth-order valence-corrected chi connectivity index (χ4v) is 6.36. The molecule has 4 N–H and O–H groups in total. The molecule has 3 rings (SSSR count). The van der Waals surface area contributed by atoms with Gasteiger partial charge in [-0.3, -0.25) is 9.59 Å². The zero-order valence-electron chi connectivity index (χ0n) is 25.9. The van der Waals surface area contributed by atoms with Gasteiger partial charge in [-0.2, -0.15) is 4.99 Å². The molecule has 3 heterocycles. The predicted molar refractivity (Wildman–Crippen MR) is 156 cm³/mol. The first kappa shape index (κ1) is 34.9. The third-order valence-corrected chi connectivity index (χ3v) is 9.27.